The number of primary amides is 1. The van der Waals surface area contributed by atoms with Crippen molar-refractivity contribution in [2.45, 2.75) is 11.9 Å². The molecule has 15 heavy (non-hydrogen) atoms. The fourth-order valence-electron chi connectivity index (χ4n) is 1.28. The Kier molecular flexibility index (Phi) is 2.76. The lowest BCUT2D eigenvalue weighted by Gasteiger charge is -2.36. The number of alkyl halides is 3. The molecular formula is C8H9F3N2O2. The summed E-state index contributed by atoms with van der Waals surface area (Å²) in [6.07, 6.45) is -1.55. The third-order valence-electron chi connectivity index (χ3n) is 2.00. The van der Waals surface area contributed by atoms with Crippen LogP contribution in [0.3, 0.4) is 0 Å². The van der Waals surface area contributed by atoms with Crippen molar-refractivity contribution in [2.24, 2.45) is 5.73 Å². The van der Waals surface area contributed by atoms with Crippen molar-refractivity contribution in [3.8, 4) is 0 Å². The Labute approximate surface area is 83.6 Å². The number of hydrogen-bond donors (Lipinski definition) is 2. The van der Waals surface area contributed by atoms with Crippen molar-refractivity contribution in [3.05, 3.63) is 23.9 Å². The molecule has 4 nitrogen and oxygen atoms in total. The first-order valence-electron chi connectivity index (χ1n) is 3.92. The van der Waals surface area contributed by atoms with E-state index in [9.17, 15) is 18.0 Å². The van der Waals surface area contributed by atoms with Gasteiger partial charge in [-0.05, 0) is 18.4 Å². The summed E-state index contributed by atoms with van der Waals surface area (Å²) >= 11 is 0. The minimum Gasteiger partial charge on any atom is -0.366 e. The molecule has 7 heteroatoms. The predicted molar refractivity (Wildman–Crippen MR) is 45.3 cm³/mol. The molecule has 0 aromatic rings. The monoisotopic (exact) mass is 222 g/mol. The molecule has 1 aliphatic heterocycles. The van der Waals surface area contributed by atoms with Crippen LogP contribution in [0.5, 0.6) is 0 Å². The molecular weight excluding hydrogens is 213 g/mol. The van der Waals surface area contributed by atoms with E-state index in [1.807, 2.05) is 5.32 Å². The van der Waals surface area contributed by atoms with Crippen molar-refractivity contribution in [1.29, 1.82) is 0 Å². The second-order valence-corrected chi connectivity index (χ2v) is 2.83. The zero-order chi connectivity index (χ0) is 11.7. The zero-order valence-electron chi connectivity index (χ0n) is 7.76. The Morgan fingerprint density at radius 1 is 1.60 bits per heavy atom. The zero-order valence-corrected chi connectivity index (χ0v) is 7.76. The second-order valence-electron chi connectivity index (χ2n) is 2.83. The molecule has 0 bridgehead atoms. The number of carbonyl (C=O) groups is 1. The van der Waals surface area contributed by atoms with E-state index in [1.165, 1.54) is 6.08 Å². The highest BCUT2D eigenvalue weighted by Crippen LogP contribution is 2.38. The van der Waals surface area contributed by atoms with Crippen molar-refractivity contribution in [1.82, 2.24) is 5.32 Å². The molecule has 1 heterocycles. The Bertz CT molecular complexity index is 335. The highest BCUT2D eigenvalue weighted by atomic mass is 19.4. The molecule has 0 saturated heterocycles. The molecule has 1 atom stereocenters. The lowest BCUT2D eigenvalue weighted by atomic mass is 9.98. The molecule has 1 unspecified atom stereocenters. The van der Waals surface area contributed by atoms with Gasteiger partial charge >= 0.3 is 6.18 Å². The molecule has 0 fully saturated rings. The second kappa shape index (κ2) is 3.58. The maximum atomic E-state index is 12.7. The number of halogens is 3. The summed E-state index contributed by atoms with van der Waals surface area (Å²) in [6.45, 7) is 0. The summed E-state index contributed by atoms with van der Waals surface area (Å²) in [4.78, 5) is 10.9. The Hall–Kier alpha value is -1.50. The number of nitrogens with one attached hydrogen (secondary N) is 1. The fraction of sp³-hybridized carbons (Fsp3) is 0.375. The van der Waals surface area contributed by atoms with Crippen LogP contribution in [-0.2, 0) is 9.53 Å². The molecule has 1 rings (SSSR count). The maximum absolute atomic E-state index is 12.7. The number of carbonyl (C=O) groups excluding carboxylic acids is 1. The van der Waals surface area contributed by atoms with Crippen molar-refractivity contribution in [3.63, 3.8) is 0 Å². The van der Waals surface area contributed by atoms with E-state index in [1.54, 1.807) is 0 Å². The smallest absolute Gasteiger partial charge is 0.366 e. The summed E-state index contributed by atoms with van der Waals surface area (Å²) in [5.74, 6) is -1.19. The van der Waals surface area contributed by atoms with Crippen molar-refractivity contribution in [2.75, 3.05) is 7.11 Å². The number of amides is 1. The van der Waals surface area contributed by atoms with Crippen LogP contribution in [0, 0.1) is 0 Å². The topological polar surface area (TPSA) is 64.3 Å². The number of hydrogen-bond acceptors (Lipinski definition) is 3. The number of ether oxygens (including phenoxy) is 1. The first-order chi connectivity index (χ1) is 6.85. The highest BCUT2D eigenvalue weighted by molar-refractivity contribution is 5.94. The molecule has 1 amide bonds. The summed E-state index contributed by atoms with van der Waals surface area (Å²) < 4.78 is 42.6. The maximum Gasteiger partial charge on any atom is 0.441 e. The van der Waals surface area contributed by atoms with Crippen LogP contribution in [0.4, 0.5) is 13.2 Å². The van der Waals surface area contributed by atoms with Crippen LogP contribution >= 0.6 is 0 Å². The van der Waals surface area contributed by atoms with E-state index in [0.717, 1.165) is 19.4 Å². The van der Waals surface area contributed by atoms with Gasteiger partial charge < -0.3 is 15.8 Å². The third-order valence-corrected chi connectivity index (χ3v) is 2.00. The van der Waals surface area contributed by atoms with Gasteiger partial charge in [-0.25, -0.2) is 0 Å². The van der Waals surface area contributed by atoms with Crippen LogP contribution in [0.2, 0.25) is 0 Å². The van der Waals surface area contributed by atoms with Crippen LogP contribution in [0.25, 0.3) is 0 Å². The molecule has 0 aromatic heterocycles. The summed E-state index contributed by atoms with van der Waals surface area (Å²) in [5, 5.41) is 1.96. The molecule has 0 aromatic carbocycles. The van der Waals surface area contributed by atoms with E-state index < -0.39 is 23.4 Å². The Morgan fingerprint density at radius 2 is 2.20 bits per heavy atom. The van der Waals surface area contributed by atoms with E-state index in [0.29, 0.717) is 0 Å². The lowest BCUT2D eigenvalue weighted by molar-refractivity contribution is -0.262. The van der Waals surface area contributed by atoms with Gasteiger partial charge in [-0.3, -0.25) is 4.79 Å². The number of nitrogens with two attached hydrogens (primary N) is 1. The van der Waals surface area contributed by atoms with Crippen LogP contribution in [0.15, 0.2) is 23.9 Å². The highest BCUT2D eigenvalue weighted by Gasteiger charge is 2.60. The van der Waals surface area contributed by atoms with Crippen LogP contribution in [0.1, 0.15) is 0 Å². The van der Waals surface area contributed by atoms with E-state index in [-0.39, 0.29) is 0 Å². The number of dihydropyridines is 1. The van der Waals surface area contributed by atoms with E-state index in [2.05, 4.69) is 4.74 Å². The number of allylic oxidation sites excluding steroid dienone is 2. The van der Waals surface area contributed by atoms with Crippen molar-refractivity contribution >= 4 is 5.91 Å². The van der Waals surface area contributed by atoms with Gasteiger partial charge in [-0.2, -0.15) is 13.2 Å². The summed E-state index contributed by atoms with van der Waals surface area (Å²) in [5.41, 5.74) is 1.32. The minimum absolute atomic E-state index is 0.681. The fourth-order valence-corrected chi connectivity index (χ4v) is 1.28. The number of rotatable bonds is 2. The molecule has 1 aliphatic rings. The lowest BCUT2D eigenvalue weighted by Crippen LogP contribution is -2.60. The quantitative estimate of drug-likeness (QED) is 0.711. The van der Waals surface area contributed by atoms with Crippen molar-refractivity contribution < 1.29 is 22.7 Å². The molecule has 0 aliphatic carbocycles. The molecule has 0 radical (unpaired) electrons. The van der Waals surface area contributed by atoms with Gasteiger partial charge in [0.15, 0.2) is 0 Å². The molecule has 0 saturated carbocycles. The van der Waals surface area contributed by atoms with E-state index in [4.69, 9.17) is 5.73 Å². The average molecular weight is 222 g/mol. The molecule has 84 valence electrons. The molecule has 3 N–H and O–H groups in total. The number of methoxy groups -OCH3 is 1. The minimum atomic E-state index is -4.78. The van der Waals surface area contributed by atoms with Crippen LogP contribution < -0.4 is 11.1 Å². The largest absolute Gasteiger partial charge is 0.441 e. The van der Waals surface area contributed by atoms with Gasteiger partial charge in [0.2, 0.25) is 5.91 Å². The van der Waals surface area contributed by atoms with Gasteiger partial charge in [-0.1, -0.05) is 0 Å². The first-order valence-corrected chi connectivity index (χ1v) is 3.92. The summed E-state index contributed by atoms with van der Waals surface area (Å²) in [6, 6.07) is 0. The van der Waals surface area contributed by atoms with Gasteiger partial charge in [0.1, 0.15) is 0 Å². The van der Waals surface area contributed by atoms with E-state index >= 15 is 0 Å². The van der Waals surface area contributed by atoms with Crippen LogP contribution in [-0.4, -0.2) is 24.9 Å². The normalized spacial score (nSPS) is 25.7. The van der Waals surface area contributed by atoms with Gasteiger partial charge in [0.25, 0.3) is 5.72 Å². The average Bonchev–Trinajstić information content (AvgIpc) is 2.15. The van der Waals surface area contributed by atoms with Gasteiger partial charge in [0.05, 0.1) is 5.57 Å². The van der Waals surface area contributed by atoms with Gasteiger partial charge in [0, 0.05) is 7.11 Å². The SMILES string of the molecule is COC1(C(F)(F)F)NC=CC=C1C(N)=O. The Balaban J connectivity index is 3.26. The predicted octanol–water partition coefficient (Wildman–Crippen LogP) is 0.420. The third kappa shape index (κ3) is 1.70. The standard InChI is InChI=1S/C8H9F3N2O2/c1-15-7(8(9,10)11)5(6(12)14)3-2-4-13-7/h2-4,13H,1H3,(H2,12,14). The molecule has 0 spiro atoms. The first kappa shape index (κ1) is 11.6. The summed E-state index contributed by atoms with van der Waals surface area (Å²) in [7, 11) is 0.844. The van der Waals surface area contributed by atoms with Gasteiger partial charge in [-0.15, -0.1) is 0 Å². The Morgan fingerprint density at radius 3 is 2.53 bits per heavy atom.